The van der Waals surface area contributed by atoms with Gasteiger partial charge in [-0.2, -0.15) is 0 Å². The molecule has 0 aliphatic carbocycles. The zero-order valence-corrected chi connectivity index (χ0v) is 19.8. The van der Waals surface area contributed by atoms with Crippen LogP contribution >= 0.6 is 23.4 Å². The van der Waals surface area contributed by atoms with Crippen molar-refractivity contribution < 1.29 is 9.53 Å². The van der Waals surface area contributed by atoms with Gasteiger partial charge in [-0.1, -0.05) is 71.9 Å². The normalized spacial score (nSPS) is 11.7. The quantitative estimate of drug-likeness (QED) is 0.306. The highest BCUT2D eigenvalue weighted by atomic mass is 35.5. The third kappa shape index (κ3) is 5.38. The van der Waals surface area contributed by atoms with Crippen LogP contribution in [0.15, 0.2) is 90.1 Å². The summed E-state index contributed by atoms with van der Waals surface area (Å²) in [7, 11) is 1.78. The lowest BCUT2D eigenvalue weighted by molar-refractivity contribution is -0.117. The van der Waals surface area contributed by atoms with E-state index in [1.54, 1.807) is 24.1 Å². The molecule has 6 nitrogen and oxygen atoms in total. The van der Waals surface area contributed by atoms with Gasteiger partial charge in [0.05, 0.1) is 10.3 Å². The van der Waals surface area contributed by atoms with Crippen LogP contribution in [0.25, 0.3) is 5.69 Å². The monoisotopic (exact) mass is 478 g/mol. The second-order valence-corrected chi connectivity index (χ2v) is 9.00. The Morgan fingerprint density at radius 2 is 1.64 bits per heavy atom. The average molecular weight is 479 g/mol. The van der Waals surface area contributed by atoms with Crippen LogP contribution in [0.2, 0.25) is 5.02 Å². The number of hydrogen-bond donors (Lipinski definition) is 0. The van der Waals surface area contributed by atoms with Gasteiger partial charge in [-0.05, 0) is 43.3 Å². The van der Waals surface area contributed by atoms with Gasteiger partial charge in [0.25, 0.3) is 0 Å². The smallest absolute Gasteiger partial charge is 0.240 e. The summed E-state index contributed by atoms with van der Waals surface area (Å²) in [4.78, 5) is 14.7. The molecular formula is C25H23ClN4O2S. The molecule has 0 saturated carbocycles. The first-order valence-corrected chi connectivity index (χ1v) is 11.7. The van der Waals surface area contributed by atoms with E-state index in [0.29, 0.717) is 21.8 Å². The number of carbonyl (C=O) groups is 1. The van der Waals surface area contributed by atoms with Crippen LogP contribution < -0.4 is 9.64 Å². The summed E-state index contributed by atoms with van der Waals surface area (Å²) in [6.07, 6.45) is 0. The van der Waals surface area contributed by atoms with Crippen molar-refractivity contribution >= 4 is 35.0 Å². The minimum Gasteiger partial charge on any atom is -0.484 e. The number of para-hydroxylation sites is 3. The van der Waals surface area contributed by atoms with Gasteiger partial charge in [0.2, 0.25) is 5.91 Å². The molecule has 33 heavy (non-hydrogen) atoms. The van der Waals surface area contributed by atoms with Crippen LogP contribution in [0.1, 0.15) is 12.7 Å². The largest absolute Gasteiger partial charge is 0.484 e. The minimum absolute atomic E-state index is 0.0253. The predicted molar refractivity (Wildman–Crippen MR) is 132 cm³/mol. The molecule has 0 N–H and O–H groups in total. The molecule has 1 aromatic heterocycles. The Kier molecular flexibility index (Phi) is 7.32. The predicted octanol–water partition coefficient (Wildman–Crippen LogP) is 5.64. The van der Waals surface area contributed by atoms with Gasteiger partial charge in [-0.3, -0.25) is 9.36 Å². The van der Waals surface area contributed by atoms with Crippen molar-refractivity contribution in [1.82, 2.24) is 14.8 Å². The Labute approximate surface area is 202 Å². The number of rotatable bonds is 8. The lowest BCUT2D eigenvalue weighted by Crippen LogP contribution is -2.33. The molecule has 8 heteroatoms. The van der Waals surface area contributed by atoms with Crippen molar-refractivity contribution in [3.8, 4) is 11.4 Å². The number of thioether (sulfide) groups is 1. The summed E-state index contributed by atoms with van der Waals surface area (Å²) in [5, 5.41) is 9.49. The number of aromatic nitrogens is 3. The Bertz CT molecular complexity index is 1220. The van der Waals surface area contributed by atoms with Crippen LogP contribution in [0.5, 0.6) is 5.75 Å². The van der Waals surface area contributed by atoms with E-state index in [1.165, 1.54) is 11.8 Å². The molecule has 0 radical (unpaired) electrons. The molecule has 0 saturated heterocycles. The van der Waals surface area contributed by atoms with Crippen molar-refractivity contribution in [2.45, 2.75) is 23.9 Å². The fraction of sp³-hybridized carbons (Fsp3) is 0.160. The number of hydrogen-bond acceptors (Lipinski definition) is 5. The molecule has 1 amide bonds. The maximum atomic E-state index is 13.1. The second kappa shape index (κ2) is 10.6. The summed E-state index contributed by atoms with van der Waals surface area (Å²) in [6.45, 7) is 2.05. The number of halogens is 1. The van der Waals surface area contributed by atoms with Crippen LogP contribution in [-0.2, 0) is 11.4 Å². The number of carbonyl (C=O) groups excluding carboxylic acids is 1. The molecule has 0 spiro atoms. The Morgan fingerprint density at radius 1 is 1.00 bits per heavy atom. The van der Waals surface area contributed by atoms with Crippen LogP contribution in [-0.4, -0.2) is 33.0 Å². The highest BCUT2D eigenvalue weighted by molar-refractivity contribution is 8.00. The number of ether oxygens (including phenoxy) is 1. The van der Waals surface area contributed by atoms with E-state index in [-0.39, 0.29) is 17.8 Å². The molecular weight excluding hydrogens is 456 g/mol. The van der Waals surface area contributed by atoms with Crippen molar-refractivity contribution in [1.29, 1.82) is 0 Å². The van der Waals surface area contributed by atoms with Gasteiger partial charge in [0.15, 0.2) is 11.0 Å². The first kappa shape index (κ1) is 22.9. The highest BCUT2D eigenvalue weighted by Gasteiger charge is 2.24. The van der Waals surface area contributed by atoms with E-state index in [4.69, 9.17) is 16.3 Å². The summed E-state index contributed by atoms with van der Waals surface area (Å²) >= 11 is 7.58. The molecule has 1 heterocycles. The summed E-state index contributed by atoms with van der Waals surface area (Å²) in [5.41, 5.74) is 1.73. The summed E-state index contributed by atoms with van der Waals surface area (Å²) in [6, 6.07) is 26.6. The molecule has 0 bridgehead atoms. The first-order chi connectivity index (χ1) is 16.0. The van der Waals surface area contributed by atoms with Crippen LogP contribution in [0.3, 0.4) is 0 Å². The van der Waals surface area contributed by atoms with Crippen molar-refractivity contribution in [3.05, 3.63) is 95.8 Å². The molecule has 0 aliphatic rings. The second-order valence-electron chi connectivity index (χ2n) is 7.28. The number of anilines is 1. The van der Waals surface area contributed by atoms with Crippen molar-refractivity contribution in [2.75, 3.05) is 11.9 Å². The lowest BCUT2D eigenvalue weighted by Gasteiger charge is -2.21. The Morgan fingerprint density at radius 3 is 2.33 bits per heavy atom. The van der Waals surface area contributed by atoms with E-state index in [0.717, 1.165) is 11.4 Å². The van der Waals surface area contributed by atoms with E-state index in [2.05, 4.69) is 10.2 Å². The molecule has 0 aliphatic heterocycles. The minimum atomic E-state index is -0.376. The van der Waals surface area contributed by atoms with Crippen molar-refractivity contribution in [3.63, 3.8) is 0 Å². The van der Waals surface area contributed by atoms with Gasteiger partial charge in [0, 0.05) is 18.4 Å². The van der Waals surface area contributed by atoms with Crippen LogP contribution in [0.4, 0.5) is 5.69 Å². The van der Waals surface area contributed by atoms with Gasteiger partial charge in [0.1, 0.15) is 12.4 Å². The molecule has 1 unspecified atom stereocenters. The SMILES string of the molecule is CC(Sc1nnc(COc2ccccc2Cl)n1-c1ccccc1)C(=O)N(C)c1ccccc1. The van der Waals surface area contributed by atoms with Gasteiger partial charge in [-0.25, -0.2) is 0 Å². The molecule has 4 aromatic rings. The molecule has 4 rings (SSSR count). The molecule has 1 atom stereocenters. The topological polar surface area (TPSA) is 60.3 Å². The third-order valence-corrected chi connectivity index (χ3v) is 6.35. The highest BCUT2D eigenvalue weighted by Crippen LogP contribution is 2.29. The third-order valence-electron chi connectivity index (χ3n) is 5.01. The maximum absolute atomic E-state index is 13.1. The maximum Gasteiger partial charge on any atom is 0.240 e. The zero-order valence-electron chi connectivity index (χ0n) is 18.3. The van der Waals surface area contributed by atoms with Crippen molar-refractivity contribution in [2.24, 2.45) is 0 Å². The first-order valence-electron chi connectivity index (χ1n) is 10.4. The van der Waals surface area contributed by atoms with E-state index in [1.807, 2.05) is 84.3 Å². The number of amides is 1. The fourth-order valence-corrected chi connectivity index (χ4v) is 4.44. The lowest BCUT2D eigenvalue weighted by atomic mass is 10.3. The number of benzene rings is 3. The van der Waals surface area contributed by atoms with Gasteiger partial charge < -0.3 is 9.64 Å². The van der Waals surface area contributed by atoms with Crippen LogP contribution in [0, 0.1) is 0 Å². The Balaban J connectivity index is 1.57. The molecule has 168 valence electrons. The molecule has 0 fully saturated rings. The van der Waals surface area contributed by atoms with E-state index < -0.39 is 0 Å². The summed E-state index contributed by atoms with van der Waals surface area (Å²) < 4.78 is 7.82. The average Bonchev–Trinajstić information content (AvgIpc) is 3.25. The zero-order chi connectivity index (χ0) is 23.2. The van der Waals surface area contributed by atoms with E-state index >= 15 is 0 Å². The number of nitrogens with zero attached hydrogens (tertiary/aromatic N) is 4. The standard InChI is InChI=1S/C25H23ClN4O2S/c1-18(24(31)29(2)19-11-5-3-6-12-19)33-25-28-27-23(30(25)20-13-7-4-8-14-20)17-32-22-16-10-9-15-21(22)26/h3-16,18H,17H2,1-2H3. The molecule has 3 aromatic carbocycles. The van der Waals surface area contributed by atoms with Gasteiger partial charge >= 0.3 is 0 Å². The Hall–Kier alpha value is -3.29. The fourth-order valence-electron chi connectivity index (χ4n) is 3.27. The van der Waals surface area contributed by atoms with Gasteiger partial charge in [-0.15, -0.1) is 10.2 Å². The van der Waals surface area contributed by atoms with E-state index in [9.17, 15) is 4.79 Å². The summed E-state index contributed by atoms with van der Waals surface area (Å²) in [5.74, 6) is 1.16.